The van der Waals surface area contributed by atoms with Gasteiger partial charge < -0.3 is 14.6 Å². The number of nitrogens with one attached hydrogen (secondary N) is 2. The molecule has 1 amide bonds. The maximum atomic E-state index is 12.3. The fraction of sp³-hybridized carbons (Fsp3) is 0.143. The fourth-order valence-corrected chi connectivity index (χ4v) is 3.29. The lowest BCUT2D eigenvalue weighted by Gasteiger charge is -2.06. The predicted molar refractivity (Wildman–Crippen MR) is 106 cm³/mol. The topological polar surface area (TPSA) is 71.9 Å². The number of carbonyl (C=O) groups is 1. The number of aromatic amines is 1. The Morgan fingerprint density at radius 2 is 1.96 bits per heavy atom. The van der Waals surface area contributed by atoms with E-state index < -0.39 is 0 Å². The van der Waals surface area contributed by atoms with E-state index in [0.717, 1.165) is 34.6 Å². The molecule has 0 saturated heterocycles. The minimum absolute atomic E-state index is 0.189. The lowest BCUT2D eigenvalue weighted by Crippen LogP contribution is -2.11. The van der Waals surface area contributed by atoms with E-state index in [4.69, 9.17) is 4.74 Å². The van der Waals surface area contributed by atoms with Crippen LogP contribution in [-0.2, 0) is 6.54 Å². The van der Waals surface area contributed by atoms with E-state index in [1.165, 1.54) is 0 Å². The zero-order valence-corrected chi connectivity index (χ0v) is 15.2. The predicted octanol–water partition coefficient (Wildman–Crippen LogP) is 4.31. The molecule has 0 aliphatic rings. The van der Waals surface area contributed by atoms with Gasteiger partial charge in [0, 0.05) is 23.6 Å². The summed E-state index contributed by atoms with van der Waals surface area (Å²) in [5.41, 5.74) is 3.51. The number of aromatic nitrogens is 3. The van der Waals surface area contributed by atoms with E-state index in [1.54, 1.807) is 19.2 Å². The van der Waals surface area contributed by atoms with Gasteiger partial charge in [0.15, 0.2) is 5.82 Å². The van der Waals surface area contributed by atoms with Gasteiger partial charge in [0.05, 0.1) is 24.0 Å². The third kappa shape index (κ3) is 3.06. The van der Waals surface area contributed by atoms with E-state index in [1.807, 2.05) is 36.4 Å². The minimum atomic E-state index is -0.189. The molecule has 0 fully saturated rings. The number of nitrogens with zero attached hydrogens (tertiary/aromatic N) is 2. The molecule has 136 valence electrons. The molecule has 0 saturated carbocycles. The van der Waals surface area contributed by atoms with Gasteiger partial charge in [-0.1, -0.05) is 24.3 Å². The van der Waals surface area contributed by atoms with Crippen LogP contribution >= 0.6 is 0 Å². The lowest BCUT2D eigenvalue weighted by molar-refractivity contribution is 0.102. The second-order valence-corrected chi connectivity index (χ2v) is 6.15. The summed E-state index contributed by atoms with van der Waals surface area (Å²) in [4.78, 5) is 12.3. The third-order valence-corrected chi connectivity index (χ3v) is 4.57. The highest BCUT2D eigenvalue weighted by Gasteiger charge is 2.15. The Labute approximate surface area is 156 Å². The molecular formula is C21H20N4O2. The van der Waals surface area contributed by atoms with Gasteiger partial charge in [0.25, 0.3) is 5.91 Å². The smallest absolute Gasteiger partial charge is 0.256 e. The number of benzene rings is 2. The van der Waals surface area contributed by atoms with Crippen molar-refractivity contribution in [1.82, 2.24) is 14.8 Å². The molecule has 0 spiro atoms. The van der Waals surface area contributed by atoms with Crippen LogP contribution in [0.15, 0.2) is 60.7 Å². The zero-order valence-electron chi connectivity index (χ0n) is 15.2. The molecule has 0 radical (unpaired) electrons. The SMILES string of the molecule is CCn1c(-c2cc(NC(=O)c3ccccc3)n[nH]2)cc2c(OC)cccc21. The van der Waals surface area contributed by atoms with Crippen molar-refractivity contribution in [3.05, 3.63) is 66.2 Å². The van der Waals surface area contributed by atoms with Gasteiger partial charge in [-0.3, -0.25) is 9.89 Å². The van der Waals surface area contributed by atoms with Crippen LogP contribution in [0.1, 0.15) is 17.3 Å². The largest absolute Gasteiger partial charge is 0.496 e. The summed E-state index contributed by atoms with van der Waals surface area (Å²) in [6.45, 7) is 2.90. The molecule has 6 heteroatoms. The second-order valence-electron chi connectivity index (χ2n) is 6.15. The Kier molecular flexibility index (Phi) is 4.38. The number of methoxy groups -OCH3 is 1. The van der Waals surface area contributed by atoms with Gasteiger partial charge in [0.1, 0.15) is 5.75 Å². The number of carbonyl (C=O) groups excluding carboxylic acids is 1. The monoisotopic (exact) mass is 360 g/mol. The first-order valence-electron chi connectivity index (χ1n) is 8.79. The Morgan fingerprint density at radius 3 is 2.70 bits per heavy atom. The van der Waals surface area contributed by atoms with Gasteiger partial charge in [-0.2, -0.15) is 5.10 Å². The van der Waals surface area contributed by atoms with Crippen LogP contribution < -0.4 is 10.1 Å². The van der Waals surface area contributed by atoms with Gasteiger partial charge >= 0.3 is 0 Å². The van der Waals surface area contributed by atoms with Crippen molar-refractivity contribution >= 4 is 22.6 Å². The molecule has 0 unspecified atom stereocenters. The summed E-state index contributed by atoms with van der Waals surface area (Å²) in [6.07, 6.45) is 0. The summed E-state index contributed by atoms with van der Waals surface area (Å²) in [5, 5.41) is 11.1. The molecule has 0 atom stereocenters. The van der Waals surface area contributed by atoms with E-state index in [2.05, 4.69) is 39.1 Å². The van der Waals surface area contributed by atoms with Gasteiger partial charge in [0.2, 0.25) is 0 Å². The van der Waals surface area contributed by atoms with Crippen molar-refractivity contribution in [2.24, 2.45) is 0 Å². The molecule has 2 aromatic heterocycles. The van der Waals surface area contributed by atoms with Gasteiger partial charge in [-0.15, -0.1) is 0 Å². The number of hydrogen-bond acceptors (Lipinski definition) is 3. The van der Waals surface area contributed by atoms with Crippen molar-refractivity contribution in [2.45, 2.75) is 13.5 Å². The molecule has 2 heterocycles. The minimum Gasteiger partial charge on any atom is -0.496 e. The van der Waals surface area contributed by atoms with Crippen LogP contribution in [0.3, 0.4) is 0 Å². The molecule has 0 bridgehead atoms. The summed E-state index contributed by atoms with van der Waals surface area (Å²) in [7, 11) is 1.67. The fourth-order valence-electron chi connectivity index (χ4n) is 3.29. The molecular weight excluding hydrogens is 340 g/mol. The van der Waals surface area contributed by atoms with E-state index in [0.29, 0.717) is 11.4 Å². The standard InChI is InChI=1S/C21H20N4O2/c1-3-25-17-10-7-11-19(27-2)15(17)12-18(25)16-13-20(24-23-16)22-21(26)14-8-5-4-6-9-14/h4-13H,3H2,1-2H3,(H2,22,23,24,26). The zero-order chi connectivity index (χ0) is 18.8. The van der Waals surface area contributed by atoms with Crippen molar-refractivity contribution < 1.29 is 9.53 Å². The normalized spacial score (nSPS) is 10.9. The van der Waals surface area contributed by atoms with Gasteiger partial charge in [-0.25, -0.2) is 0 Å². The highest BCUT2D eigenvalue weighted by molar-refractivity contribution is 6.04. The van der Waals surface area contributed by atoms with Crippen molar-refractivity contribution in [2.75, 3.05) is 12.4 Å². The summed E-state index contributed by atoms with van der Waals surface area (Å²) in [5.74, 6) is 1.13. The average Bonchev–Trinajstić information content (AvgIpc) is 3.32. The number of aryl methyl sites for hydroxylation is 1. The molecule has 27 heavy (non-hydrogen) atoms. The van der Waals surface area contributed by atoms with E-state index >= 15 is 0 Å². The molecule has 0 aliphatic heterocycles. The number of amides is 1. The van der Waals surface area contributed by atoms with Crippen molar-refractivity contribution in [3.8, 4) is 17.1 Å². The first-order chi connectivity index (χ1) is 13.2. The third-order valence-electron chi connectivity index (χ3n) is 4.57. The summed E-state index contributed by atoms with van der Waals surface area (Å²) in [6, 6.07) is 19.0. The van der Waals surface area contributed by atoms with Crippen LogP contribution in [0.5, 0.6) is 5.75 Å². The highest BCUT2D eigenvalue weighted by Crippen LogP contribution is 2.33. The Balaban J connectivity index is 1.68. The number of anilines is 1. The van der Waals surface area contributed by atoms with E-state index in [-0.39, 0.29) is 5.91 Å². The number of ether oxygens (including phenoxy) is 1. The van der Waals surface area contributed by atoms with Crippen LogP contribution in [0.4, 0.5) is 5.82 Å². The quantitative estimate of drug-likeness (QED) is 0.557. The Bertz CT molecular complexity index is 1100. The summed E-state index contributed by atoms with van der Waals surface area (Å²) >= 11 is 0. The first-order valence-corrected chi connectivity index (χ1v) is 8.79. The second kappa shape index (κ2) is 6.99. The first kappa shape index (κ1) is 16.9. The lowest BCUT2D eigenvalue weighted by atomic mass is 10.2. The molecule has 2 N–H and O–H groups in total. The number of fused-ring (bicyclic) bond motifs is 1. The Morgan fingerprint density at radius 1 is 1.15 bits per heavy atom. The maximum Gasteiger partial charge on any atom is 0.256 e. The van der Waals surface area contributed by atoms with Crippen LogP contribution in [0.2, 0.25) is 0 Å². The molecule has 6 nitrogen and oxygen atoms in total. The van der Waals surface area contributed by atoms with Crippen molar-refractivity contribution in [3.63, 3.8) is 0 Å². The number of hydrogen-bond donors (Lipinski definition) is 2. The van der Waals surface area contributed by atoms with Crippen LogP contribution in [0, 0.1) is 0 Å². The number of H-pyrrole nitrogens is 1. The number of rotatable bonds is 5. The van der Waals surface area contributed by atoms with Crippen LogP contribution in [0.25, 0.3) is 22.3 Å². The molecule has 4 rings (SSSR count). The summed E-state index contributed by atoms with van der Waals surface area (Å²) < 4.78 is 7.68. The Hall–Kier alpha value is -3.54. The van der Waals surface area contributed by atoms with E-state index in [9.17, 15) is 4.79 Å². The highest BCUT2D eigenvalue weighted by atomic mass is 16.5. The maximum absolute atomic E-state index is 12.3. The molecule has 0 aliphatic carbocycles. The van der Waals surface area contributed by atoms with Crippen molar-refractivity contribution in [1.29, 1.82) is 0 Å². The molecule has 4 aromatic rings. The van der Waals surface area contributed by atoms with Crippen LogP contribution in [-0.4, -0.2) is 27.8 Å². The molecule has 2 aromatic carbocycles. The average molecular weight is 360 g/mol. The van der Waals surface area contributed by atoms with Gasteiger partial charge in [-0.05, 0) is 37.3 Å².